The molecule has 0 unspecified atom stereocenters. The Labute approximate surface area is 63.9 Å². The van der Waals surface area contributed by atoms with Gasteiger partial charge in [0, 0.05) is 0 Å². The molecule has 0 amide bonds. The predicted molar refractivity (Wildman–Crippen MR) is 36.8 cm³/mol. The SMILES string of the molecule is O=S1(=O)CC=C(S(=O)(=O)F)C1. The molecule has 1 aliphatic rings. The number of halogens is 1. The van der Waals surface area contributed by atoms with Gasteiger partial charge >= 0.3 is 10.2 Å². The van der Waals surface area contributed by atoms with Gasteiger partial charge in [0.05, 0.1) is 16.4 Å². The first-order valence-corrected chi connectivity index (χ1v) is 5.86. The topological polar surface area (TPSA) is 68.3 Å². The molecular weight excluding hydrogens is 195 g/mol. The quantitative estimate of drug-likeness (QED) is 0.540. The van der Waals surface area contributed by atoms with E-state index in [0.29, 0.717) is 0 Å². The summed E-state index contributed by atoms with van der Waals surface area (Å²) >= 11 is 0. The van der Waals surface area contributed by atoms with Gasteiger partial charge in [-0.25, -0.2) is 8.42 Å². The number of hydrogen-bond donors (Lipinski definition) is 0. The first-order chi connectivity index (χ1) is 4.81. The molecule has 0 aromatic heterocycles. The zero-order valence-electron chi connectivity index (χ0n) is 5.32. The van der Waals surface area contributed by atoms with E-state index in [9.17, 15) is 20.7 Å². The van der Waals surface area contributed by atoms with Gasteiger partial charge in [0.2, 0.25) is 0 Å². The Balaban J connectivity index is 3.02. The van der Waals surface area contributed by atoms with Crippen LogP contribution in [0.15, 0.2) is 11.0 Å². The minimum absolute atomic E-state index is 0.383. The van der Waals surface area contributed by atoms with Crippen molar-refractivity contribution < 1.29 is 20.7 Å². The molecule has 0 radical (unpaired) electrons. The summed E-state index contributed by atoms with van der Waals surface area (Å²) in [6.45, 7) is 0. The Morgan fingerprint density at radius 3 is 2.18 bits per heavy atom. The second-order valence-electron chi connectivity index (χ2n) is 2.16. The molecule has 0 saturated heterocycles. The zero-order valence-corrected chi connectivity index (χ0v) is 6.95. The summed E-state index contributed by atoms with van der Waals surface area (Å²) in [7, 11) is -8.18. The summed E-state index contributed by atoms with van der Waals surface area (Å²) in [6, 6.07) is 0. The lowest BCUT2D eigenvalue weighted by Crippen LogP contribution is -2.06. The highest BCUT2D eigenvalue weighted by molar-refractivity contribution is 7.96. The smallest absolute Gasteiger partial charge is 0.228 e. The fourth-order valence-corrected chi connectivity index (χ4v) is 3.34. The van der Waals surface area contributed by atoms with E-state index in [1.165, 1.54) is 0 Å². The standard InChI is InChI=1S/C4H5FO4S2/c5-11(8,9)4-1-2-10(6,7)3-4/h1H,2-3H2. The van der Waals surface area contributed by atoms with E-state index in [4.69, 9.17) is 0 Å². The van der Waals surface area contributed by atoms with Crippen molar-refractivity contribution in [3.63, 3.8) is 0 Å². The summed E-state index contributed by atoms with van der Waals surface area (Å²) in [4.78, 5) is -0.641. The first kappa shape index (κ1) is 8.66. The Kier molecular flexibility index (Phi) is 1.79. The molecule has 0 fully saturated rings. The van der Waals surface area contributed by atoms with Gasteiger partial charge in [0.1, 0.15) is 0 Å². The molecule has 11 heavy (non-hydrogen) atoms. The Morgan fingerprint density at radius 1 is 1.45 bits per heavy atom. The van der Waals surface area contributed by atoms with Gasteiger partial charge in [0.25, 0.3) is 0 Å². The molecule has 1 rings (SSSR count). The van der Waals surface area contributed by atoms with Gasteiger partial charge in [-0.1, -0.05) is 6.08 Å². The van der Waals surface area contributed by atoms with Crippen LogP contribution in [0, 0.1) is 0 Å². The van der Waals surface area contributed by atoms with E-state index >= 15 is 0 Å². The van der Waals surface area contributed by atoms with Gasteiger partial charge in [-0.2, -0.15) is 8.42 Å². The minimum Gasteiger partial charge on any atom is -0.228 e. The molecule has 64 valence electrons. The van der Waals surface area contributed by atoms with Gasteiger partial charge in [-0.3, -0.25) is 0 Å². The molecule has 0 spiro atoms. The molecule has 0 aromatic carbocycles. The van der Waals surface area contributed by atoms with E-state index in [-0.39, 0.29) is 5.75 Å². The lowest BCUT2D eigenvalue weighted by Gasteiger charge is -1.90. The monoisotopic (exact) mass is 200 g/mol. The fraction of sp³-hybridized carbons (Fsp3) is 0.500. The minimum atomic E-state index is -4.79. The molecule has 0 bridgehead atoms. The number of rotatable bonds is 1. The average Bonchev–Trinajstić information content (AvgIpc) is 2.07. The van der Waals surface area contributed by atoms with Crippen molar-refractivity contribution in [1.29, 1.82) is 0 Å². The van der Waals surface area contributed by atoms with Crippen LogP contribution in [0.1, 0.15) is 0 Å². The van der Waals surface area contributed by atoms with Crippen molar-refractivity contribution in [3.05, 3.63) is 11.0 Å². The number of hydrogen-bond acceptors (Lipinski definition) is 4. The Bertz CT molecular complexity index is 388. The zero-order chi connectivity index (χ0) is 8.70. The maximum absolute atomic E-state index is 12.1. The van der Waals surface area contributed by atoms with E-state index < -0.39 is 30.7 Å². The predicted octanol–water partition coefficient (Wildman–Crippen LogP) is -0.402. The molecule has 0 saturated carbocycles. The normalized spacial score (nSPS) is 23.2. The Morgan fingerprint density at radius 2 is 2.00 bits per heavy atom. The maximum Gasteiger partial charge on any atom is 0.328 e. The summed E-state index contributed by atoms with van der Waals surface area (Å²) in [5.41, 5.74) is 0. The van der Waals surface area contributed by atoms with Crippen LogP contribution in [0.5, 0.6) is 0 Å². The van der Waals surface area contributed by atoms with Crippen molar-refractivity contribution in [2.24, 2.45) is 0 Å². The van der Waals surface area contributed by atoms with Crippen LogP contribution < -0.4 is 0 Å². The lowest BCUT2D eigenvalue weighted by atomic mass is 10.6. The molecule has 0 aliphatic carbocycles. The highest BCUT2D eigenvalue weighted by Gasteiger charge is 2.28. The first-order valence-electron chi connectivity index (χ1n) is 2.65. The van der Waals surface area contributed by atoms with Crippen molar-refractivity contribution in [3.8, 4) is 0 Å². The van der Waals surface area contributed by atoms with Crippen LogP contribution in [0.2, 0.25) is 0 Å². The third kappa shape index (κ3) is 2.00. The van der Waals surface area contributed by atoms with Gasteiger partial charge in [-0.15, -0.1) is 3.89 Å². The van der Waals surface area contributed by atoms with Crippen LogP contribution >= 0.6 is 0 Å². The van der Waals surface area contributed by atoms with Crippen LogP contribution in [0.3, 0.4) is 0 Å². The van der Waals surface area contributed by atoms with Crippen molar-refractivity contribution >= 4 is 20.1 Å². The second-order valence-corrected chi connectivity index (χ2v) is 5.67. The van der Waals surface area contributed by atoms with Crippen molar-refractivity contribution in [2.75, 3.05) is 11.5 Å². The van der Waals surface area contributed by atoms with E-state index in [0.717, 1.165) is 6.08 Å². The van der Waals surface area contributed by atoms with Gasteiger partial charge in [-0.05, 0) is 0 Å². The van der Waals surface area contributed by atoms with Crippen LogP contribution in [-0.2, 0) is 20.1 Å². The van der Waals surface area contributed by atoms with Crippen LogP contribution in [-0.4, -0.2) is 28.3 Å². The van der Waals surface area contributed by atoms with E-state index in [1.807, 2.05) is 0 Å². The highest BCUT2D eigenvalue weighted by atomic mass is 32.3. The third-order valence-electron chi connectivity index (χ3n) is 1.24. The molecule has 0 atom stereocenters. The van der Waals surface area contributed by atoms with Crippen LogP contribution in [0.4, 0.5) is 3.89 Å². The highest BCUT2D eigenvalue weighted by Crippen LogP contribution is 2.18. The van der Waals surface area contributed by atoms with Crippen molar-refractivity contribution in [2.45, 2.75) is 0 Å². The van der Waals surface area contributed by atoms with Gasteiger partial charge < -0.3 is 0 Å². The molecule has 1 heterocycles. The van der Waals surface area contributed by atoms with E-state index in [1.54, 1.807) is 0 Å². The average molecular weight is 200 g/mol. The molecule has 1 aliphatic heterocycles. The lowest BCUT2D eigenvalue weighted by molar-refractivity contribution is 0.559. The molecule has 0 N–H and O–H groups in total. The maximum atomic E-state index is 12.1. The largest absolute Gasteiger partial charge is 0.328 e. The number of sulfone groups is 1. The molecule has 0 aromatic rings. The van der Waals surface area contributed by atoms with Gasteiger partial charge in [0.15, 0.2) is 9.84 Å². The second kappa shape index (κ2) is 2.28. The summed E-state index contributed by atoms with van der Waals surface area (Å²) in [6.07, 6.45) is 0.880. The molecule has 4 nitrogen and oxygen atoms in total. The summed E-state index contributed by atoms with van der Waals surface area (Å²) in [5.74, 6) is -1.09. The summed E-state index contributed by atoms with van der Waals surface area (Å²) < 4.78 is 53.5. The molecular formula is C4H5FO4S2. The fourth-order valence-electron chi connectivity index (χ4n) is 0.724. The van der Waals surface area contributed by atoms with E-state index in [2.05, 4.69) is 0 Å². The van der Waals surface area contributed by atoms with Crippen LogP contribution in [0.25, 0.3) is 0 Å². The summed E-state index contributed by atoms with van der Waals surface area (Å²) in [5, 5.41) is 0. The third-order valence-corrected chi connectivity index (χ3v) is 3.79. The van der Waals surface area contributed by atoms with Crippen molar-refractivity contribution in [1.82, 2.24) is 0 Å². The molecule has 7 heteroatoms. The Hall–Kier alpha value is -0.430.